The maximum atomic E-state index is 5.39. The Morgan fingerprint density at radius 1 is 1.06 bits per heavy atom. The summed E-state index contributed by atoms with van der Waals surface area (Å²) < 4.78 is 6.46. The Morgan fingerprint density at radius 2 is 1.89 bits per heavy atom. The molecular weight excluding hydrogens is 290 g/mol. The number of halogens is 1. The second-order valence-electron chi connectivity index (χ2n) is 4.11. The van der Waals surface area contributed by atoms with Crippen molar-refractivity contribution >= 4 is 26.8 Å². The topological polar surface area (TPSA) is 25.0 Å². The fourth-order valence-electron chi connectivity index (χ4n) is 2.11. The Morgan fingerprint density at radius 3 is 2.72 bits per heavy atom. The van der Waals surface area contributed by atoms with E-state index in [1.54, 1.807) is 7.11 Å². The summed E-state index contributed by atoms with van der Waals surface area (Å²) in [5.74, 6) is 0.878. The standard InChI is InChI=1S/C15H12BrNO/c1-18-15-5-3-2-4-12(15)14-8-10-6-7-11(16)9-13(10)17-14/h2-9,17H,1H3. The van der Waals surface area contributed by atoms with Crippen molar-refractivity contribution in [2.45, 2.75) is 0 Å². The number of aromatic amines is 1. The summed E-state index contributed by atoms with van der Waals surface area (Å²) in [5.41, 5.74) is 3.26. The second-order valence-corrected chi connectivity index (χ2v) is 5.03. The largest absolute Gasteiger partial charge is 0.496 e. The van der Waals surface area contributed by atoms with Gasteiger partial charge in [-0.25, -0.2) is 0 Å². The highest BCUT2D eigenvalue weighted by molar-refractivity contribution is 9.10. The summed E-state index contributed by atoms with van der Waals surface area (Å²) in [6.45, 7) is 0. The van der Waals surface area contributed by atoms with Crippen LogP contribution in [0.4, 0.5) is 0 Å². The first kappa shape index (κ1) is 11.4. The third-order valence-electron chi connectivity index (χ3n) is 2.98. The number of nitrogens with one attached hydrogen (secondary N) is 1. The predicted molar refractivity (Wildman–Crippen MR) is 78.0 cm³/mol. The molecule has 0 aliphatic rings. The van der Waals surface area contributed by atoms with E-state index in [9.17, 15) is 0 Å². The Bertz CT molecular complexity index is 703. The zero-order chi connectivity index (χ0) is 12.5. The van der Waals surface area contributed by atoms with E-state index < -0.39 is 0 Å². The molecule has 1 aromatic heterocycles. The van der Waals surface area contributed by atoms with Gasteiger partial charge in [0.2, 0.25) is 0 Å². The summed E-state index contributed by atoms with van der Waals surface area (Å²) in [7, 11) is 1.69. The van der Waals surface area contributed by atoms with E-state index in [0.717, 1.165) is 27.0 Å². The number of rotatable bonds is 2. The number of ether oxygens (including phenoxy) is 1. The molecular formula is C15H12BrNO. The highest BCUT2D eigenvalue weighted by Gasteiger charge is 2.08. The first-order valence-corrected chi connectivity index (χ1v) is 6.49. The van der Waals surface area contributed by atoms with E-state index in [1.807, 2.05) is 24.3 Å². The number of hydrogen-bond donors (Lipinski definition) is 1. The lowest BCUT2D eigenvalue weighted by Crippen LogP contribution is -1.86. The van der Waals surface area contributed by atoms with E-state index in [0.29, 0.717) is 0 Å². The smallest absolute Gasteiger partial charge is 0.128 e. The number of methoxy groups -OCH3 is 1. The lowest BCUT2D eigenvalue weighted by Gasteiger charge is -2.05. The van der Waals surface area contributed by atoms with Crippen molar-refractivity contribution in [1.29, 1.82) is 0 Å². The van der Waals surface area contributed by atoms with Crippen LogP contribution in [0.15, 0.2) is 53.0 Å². The van der Waals surface area contributed by atoms with Gasteiger partial charge < -0.3 is 9.72 Å². The van der Waals surface area contributed by atoms with Crippen LogP contribution in [0.2, 0.25) is 0 Å². The SMILES string of the molecule is COc1ccccc1-c1cc2ccc(Br)cc2[nH]1. The van der Waals surface area contributed by atoms with E-state index in [4.69, 9.17) is 4.74 Å². The molecule has 0 aliphatic carbocycles. The fourth-order valence-corrected chi connectivity index (χ4v) is 2.47. The lowest BCUT2D eigenvalue weighted by molar-refractivity contribution is 0.416. The first-order chi connectivity index (χ1) is 8.78. The summed E-state index contributed by atoms with van der Waals surface area (Å²) in [6, 6.07) is 16.4. The van der Waals surface area contributed by atoms with Crippen LogP contribution in [-0.4, -0.2) is 12.1 Å². The van der Waals surface area contributed by atoms with Gasteiger partial charge in [0.15, 0.2) is 0 Å². The molecule has 0 radical (unpaired) electrons. The Balaban J connectivity index is 2.19. The van der Waals surface area contributed by atoms with E-state index in [2.05, 4.69) is 45.2 Å². The van der Waals surface area contributed by atoms with Gasteiger partial charge >= 0.3 is 0 Å². The van der Waals surface area contributed by atoms with Gasteiger partial charge in [-0.3, -0.25) is 0 Å². The van der Waals surface area contributed by atoms with Gasteiger partial charge in [0.1, 0.15) is 5.75 Å². The second kappa shape index (κ2) is 4.50. The molecule has 0 saturated heterocycles. The molecule has 0 aliphatic heterocycles. The third-order valence-corrected chi connectivity index (χ3v) is 3.47. The minimum absolute atomic E-state index is 0.878. The summed E-state index contributed by atoms with van der Waals surface area (Å²) >= 11 is 3.48. The minimum atomic E-state index is 0.878. The van der Waals surface area contributed by atoms with Crippen LogP contribution in [0.25, 0.3) is 22.2 Å². The van der Waals surface area contributed by atoms with Gasteiger partial charge in [0.25, 0.3) is 0 Å². The molecule has 0 atom stereocenters. The molecule has 90 valence electrons. The quantitative estimate of drug-likeness (QED) is 0.735. The number of para-hydroxylation sites is 1. The normalized spacial score (nSPS) is 10.8. The number of fused-ring (bicyclic) bond motifs is 1. The predicted octanol–water partition coefficient (Wildman–Crippen LogP) is 4.61. The van der Waals surface area contributed by atoms with Gasteiger partial charge in [0.05, 0.1) is 12.8 Å². The molecule has 0 amide bonds. The molecule has 0 spiro atoms. The lowest BCUT2D eigenvalue weighted by atomic mass is 10.1. The Labute approximate surface area is 114 Å². The number of benzene rings is 2. The van der Waals surface area contributed by atoms with Crippen LogP contribution in [-0.2, 0) is 0 Å². The van der Waals surface area contributed by atoms with Crippen LogP contribution < -0.4 is 4.74 Å². The Hall–Kier alpha value is -1.74. The van der Waals surface area contributed by atoms with Gasteiger partial charge in [-0.2, -0.15) is 0 Å². The summed E-state index contributed by atoms with van der Waals surface area (Å²) in [4.78, 5) is 3.42. The highest BCUT2D eigenvalue weighted by Crippen LogP contribution is 2.31. The fraction of sp³-hybridized carbons (Fsp3) is 0.0667. The van der Waals surface area contributed by atoms with E-state index >= 15 is 0 Å². The van der Waals surface area contributed by atoms with Crippen molar-refractivity contribution in [3.63, 3.8) is 0 Å². The maximum absolute atomic E-state index is 5.39. The molecule has 3 rings (SSSR count). The average Bonchev–Trinajstić information content (AvgIpc) is 2.81. The number of H-pyrrole nitrogens is 1. The molecule has 0 fully saturated rings. The van der Waals surface area contributed by atoms with Crippen molar-refractivity contribution in [2.24, 2.45) is 0 Å². The number of aromatic nitrogens is 1. The van der Waals surface area contributed by atoms with Gasteiger partial charge in [-0.05, 0) is 30.3 Å². The third kappa shape index (κ3) is 1.91. The minimum Gasteiger partial charge on any atom is -0.496 e. The summed E-state index contributed by atoms with van der Waals surface area (Å²) in [6.07, 6.45) is 0. The maximum Gasteiger partial charge on any atom is 0.128 e. The highest BCUT2D eigenvalue weighted by atomic mass is 79.9. The van der Waals surface area contributed by atoms with Crippen molar-refractivity contribution in [2.75, 3.05) is 7.11 Å². The van der Waals surface area contributed by atoms with E-state index in [-0.39, 0.29) is 0 Å². The molecule has 2 aromatic carbocycles. The zero-order valence-corrected chi connectivity index (χ0v) is 11.5. The molecule has 2 nitrogen and oxygen atoms in total. The number of hydrogen-bond acceptors (Lipinski definition) is 1. The molecule has 0 bridgehead atoms. The molecule has 3 aromatic rings. The van der Waals surface area contributed by atoms with Crippen LogP contribution in [0.5, 0.6) is 5.75 Å². The molecule has 18 heavy (non-hydrogen) atoms. The molecule has 0 saturated carbocycles. The van der Waals surface area contributed by atoms with Crippen molar-refractivity contribution in [1.82, 2.24) is 4.98 Å². The van der Waals surface area contributed by atoms with Gasteiger partial charge in [-0.1, -0.05) is 34.1 Å². The van der Waals surface area contributed by atoms with Crippen LogP contribution in [0.1, 0.15) is 0 Å². The van der Waals surface area contributed by atoms with Crippen LogP contribution in [0.3, 0.4) is 0 Å². The molecule has 1 N–H and O–H groups in total. The Kier molecular flexibility index (Phi) is 2.84. The molecule has 1 heterocycles. The first-order valence-electron chi connectivity index (χ1n) is 5.69. The van der Waals surface area contributed by atoms with Crippen LogP contribution in [0, 0.1) is 0 Å². The van der Waals surface area contributed by atoms with Crippen molar-refractivity contribution < 1.29 is 4.74 Å². The van der Waals surface area contributed by atoms with Crippen molar-refractivity contribution in [3.05, 3.63) is 53.0 Å². The molecule has 0 unspecified atom stereocenters. The van der Waals surface area contributed by atoms with Crippen molar-refractivity contribution in [3.8, 4) is 17.0 Å². The average molecular weight is 302 g/mol. The zero-order valence-electron chi connectivity index (χ0n) is 9.91. The summed E-state index contributed by atoms with van der Waals surface area (Å²) in [5, 5.41) is 1.19. The van der Waals surface area contributed by atoms with Gasteiger partial charge in [-0.15, -0.1) is 0 Å². The van der Waals surface area contributed by atoms with E-state index in [1.165, 1.54) is 5.39 Å². The van der Waals surface area contributed by atoms with Gasteiger partial charge in [0, 0.05) is 20.9 Å². The molecule has 3 heteroatoms. The van der Waals surface area contributed by atoms with Crippen LogP contribution >= 0.6 is 15.9 Å². The monoisotopic (exact) mass is 301 g/mol.